The topological polar surface area (TPSA) is 23.9 Å². The van der Waals surface area contributed by atoms with Gasteiger partial charge in [0.25, 0.3) is 5.41 Å². The first-order valence-corrected chi connectivity index (χ1v) is 9.03. The molecule has 0 spiro atoms. The number of halogens is 20. The molecule has 0 atom stereocenters. The summed E-state index contributed by atoms with van der Waals surface area (Å²) in [7, 11) is 0. The molecule has 0 aliphatic rings. The van der Waals surface area contributed by atoms with E-state index in [-0.39, 0.29) is 0 Å². The fraction of sp³-hybridized carbons (Fsp3) is 0.263. The first-order chi connectivity index (χ1) is 17.7. The second kappa shape index (κ2) is 9.55. The Hall–Kier alpha value is -3.51. The molecule has 0 aliphatic carbocycles. The van der Waals surface area contributed by atoms with Crippen LogP contribution in [0.25, 0.3) is 5.57 Å². The van der Waals surface area contributed by atoms with Crippen LogP contribution in [0, 0.1) is 51.9 Å². The Morgan fingerprint density at radius 2 is 0.675 bits per heavy atom. The van der Waals surface area contributed by atoms with Crippen LogP contribution >= 0.6 is 0 Å². The molecule has 0 radical (unpaired) electrons. The Morgan fingerprint density at radius 3 is 0.875 bits per heavy atom. The van der Waals surface area contributed by atoms with Gasteiger partial charge < -0.3 is 0 Å². The summed E-state index contributed by atoms with van der Waals surface area (Å²) < 4.78 is 272. The van der Waals surface area contributed by atoms with Crippen molar-refractivity contribution < 1.29 is 87.8 Å². The maximum Gasteiger partial charge on any atom is 0.422 e. The summed E-state index contributed by atoms with van der Waals surface area (Å²) in [4.78, 5) is 0. The Kier molecular flexibility index (Phi) is 7.81. The smallest absolute Gasteiger partial charge is 0.258 e. The van der Waals surface area contributed by atoms with Gasteiger partial charge in [-0.15, -0.1) is 0 Å². The molecule has 0 aromatic heterocycles. The lowest BCUT2D eigenvalue weighted by molar-refractivity contribution is -0.388. The SMILES string of the molecule is N=C=C(c1c(F)c(F)c(C(F)(F)F)c(F)c1F)c1c(F)c(F)c(C(C(F)(F)F)(C(F)(F)F)C(F)(F)F)c(F)c1F. The van der Waals surface area contributed by atoms with Crippen molar-refractivity contribution in [2.24, 2.45) is 0 Å². The van der Waals surface area contributed by atoms with E-state index < -0.39 is 104 Å². The predicted molar refractivity (Wildman–Crippen MR) is 87.6 cm³/mol. The van der Waals surface area contributed by atoms with Gasteiger partial charge in [0.1, 0.15) is 5.56 Å². The van der Waals surface area contributed by atoms with E-state index in [1.807, 2.05) is 0 Å². The number of hydrogen-bond acceptors (Lipinski definition) is 1. The van der Waals surface area contributed by atoms with Gasteiger partial charge in [0.05, 0.1) is 22.3 Å². The maximum absolute atomic E-state index is 14.6. The first kappa shape index (κ1) is 32.7. The minimum atomic E-state index is -7.87. The molecule has 2 aromatic carbocycles. The molecule has 0 aliphatic heterocycles. The van der Waals surface area contributed by atoms with Crippen LogP contribution in [0.3, 0.4) is 0 Å². The molecule has 2 aromatic rings. The van der Waals surface area contributed by atoms with Crippen LogP contribution in [0.2, 0.25) is 0 Å². The third kappa shape index (κ3) is 4.43. The minimum Gasteiger partial charge on any atom is -0.258 e. The second-order valence-electron chi connectivity index (χ2n) is 7.25. The lowest BCUT2D eigenvalue weighted by Crippen LogP contribution is -2.64. The van der Waals surface area contributed by atoms with E-state index >= 15 is 0 Å². The van der Waals surface area contributed by atoms with Gasteiger partial charge in [0.2, 0.25) is 0 Å². The van der Waals surface area contributed by atoms with Crippen molar-refractivity contribution in [1.82, 2.24) is 0 Å². The van der Waals surface area contributed by atoms with Crippen LogP contribution in [0.4, 0.5) is 87.8 Å². The van der Waals surface area contributed by atoms with Crippen molar-refractivity contribution in [1.29, 1.82) is 5.41 Å². The molecule has 222 valence electrons. The monoisotopic (exact) mass is 623 g/mol. The van der Waals surface area contributed by atoms with E-state index in [0.717, 1.165) is 0 Å². The summed E-state index contributed by atoms with van der Waals surface area (Å²) in [5.74, 6) is -29.2. The third-order valence-corrected chi connectivity index (χ3v) is 5.09. The van der Waals surface area contributed by atoms with E-state index in [0.29, 0.717) is 5.87 Å². The standard InChI is InChI=1S/C19HF20N/c20-7-3(2(1-40)4-9(22)13(26)6(16(28,29)30)14(27)10(4)23)8(21)12(25)5(11(7)24)15(17(31,32)33,18(34,35)36)19(37,38)39/h40H. The zero-order valence-electron chi connectivity index (χ0n) is 17.6. The van der Waals surface area contributed by atoms with E-state index in [9.17, 15) is 87.8 Å². The molecule has 0 unspecified atom stereocenters. The van der Waals surface area contributed by atoms with Crippen molar-refractivity contribution in [3.05, 3.63) is 68.8 Å². The normalized spacial score (nSPS) is 13.5. The van der Waals surface area contributed by atoms with E-state index in [1.54, 1.807) is 0 Å². The number of alkyl halides is 12. The van der Waals surface area contributed by atoms with Crippen LogP contribution in [0.1, 0.15) is 22.3 Å². The molecule has 0 heterocycles. The molecule has 0 saturated heterocycles. The summed E-state index contributed by atoms with van der Waals surface area (Å²) in [6, 6.07) is 0. The van der Waals surface area contributed by atoms with Gasteiger partial charge in [-0.3, -0.25) is 5.41 Å². The highest BCUT2D eigenvalue weighted by molar-refractivity contribution is 5.98. The lowest BCUT2D eigenvalue weighted by atomic mass is 9.76. The van der Waals surface area contributed by atoms with Gasteiger partial charge in [0.15, 0.2) is 46.5 Å². The highest BCUT2D eigenvalue weighted by Gasteiger charge is 2.86. The Labute approximate surface area is 204 Å². The van der Waals surface area contributed by atoms with Gasteiger partial charge in [-0.2, -0.15) is 52.7 Å². The van der Waals surface area contributed by atoms with E-state index in [1.165, 1.54) is 0 Å². The number of nitrogens with one attached hydrogen (secondary N) is 1. The molecular formula is C19HF20N. The van der Waals surface area contributed by atoms with Crippen LogP contribution in [0.15, 0.2) is 0 Å². The molecule has 0 amide bonds. The Morgan fingerprint density at radius 1 is 0.425 bits per heavy atom. The van der Waals surface area contributed by atoms with Crippen LogP contribution < -0.4 is 0 Å². The molecule has 21 heteroatoms. The van der Waals surface area contributed by atoms with Gasteiger partial charge in [-0.05, 0) is 5.87 Å². The largest absolute Gasteiger partial charge is 0.422 e. The third-order valence-electron chi connectivity index (χ3n) is 5.09. The fourth-order valence-corrected chi connectivity index (χ4v) is 3.44. The van der Waals surface area contributed by atoms with Gasteiger partial charge >= 0.3 is 24.7 Å². The van der Waals surface area contributed by atoms with Gasteiger partial charge in [-0.25, -0.2) is 35.1 Å². The zero-order valence-corrected chi connectivity index (χ0v) is 17.6. The summed E-state index contributed by atoms with van der Waals surface area (Å²) in [5.41, 5.74) is -24.2. The second-order valence-corrected chi connectivity index (χ2v) is 7.25. The summed E-state index contributed by atoms with van der Waals surface area (Å²) in [6.45, 7) is 0. The van der Waals surface area contributed by atoms with Crippen molar-refractivity contribution in [3.8, 4) is 0 Å². The molecule has 1 N–H and O–H groups in total. The quantitative estimate of drug-likeness (QED) is 0.202. The van der Waals surface area contributed by atoms with Gasteiger partial charge in [0, 0.05) is 0 Å². The average Bonchev–Trinajstić information content (AvgIpc) is 2.74. The predicted octanol–water partition coefficient (Wildman–Crippen LogP) is 8.42. The van der Waals surface area contributed by atoms with E-state index in [4.69, 9.17) is 5.41 Å². The maximum atomic E-state index is 14.6. The summed E-state index contributed by atoms with van der Waals surface area (Å²) in [6.07, 6.45) is -29.9. The molecule has 40 heavy (non-hydrogen) atoms. The Balaban J connectivity index is 3.20. The summed E-state index contributed by atoms with van der Waals surface area (Å²) >= 11 is 0. The minimum absolute atomic E-state index is 0.406. The highest BCUT2D eigenvalue weighted by atomic mass is 19.4. The molecular weight excluding hydrogens is 622 g/mol. The fourth-order valence-electron chi connectivity index (χ4n) is 3.44. The molecule has 1 nitrogen and oxygen atoms in total. The molecule has 0 fully saturated rings. The number of hydrogen-bond donors (Lipinski definition) is 1. The molecule has 0 saturated carbocycles. The van der Waals surface area contributed by atoms with E-state index in [2.05, 4.69) is 0 Å². The number of rotatable bonds is 3. The molecule has 2 rings (SSSR count). The lowest BCUT2D eigenvalue weighted by Gasteiger charge is -2.39. The first-order valence-electron chi connectivity index (χ1n) is 9.03. The molecule has 0 bridgehead atoms. The highest BCUT2D eigenvalue weighted by Crippen LogP contribution is 2.62. The van der Waals surface area contributed by atoms with Gasteiger partial charge in [-0.1, -0.05) is 0 Å². The van der Waals surface area contributed by atoms with Crippen LogP contribution in [0.5, 0.6) is 0 Å². The number of benzene rings is 2. The summed E-state index contributed by atoms with van der Waals surface area (Å²) in [5, 5.41) is 6.75. The van der Waals surface area contributed by atoms with Crippen LogP contribution in [-0.4, -0.2) is 24.4 Å². The Bertz CT molecular complexity index is 1320. The van der Waals surface area contributed by atoms with Crippen molar-refractivity contribution >= 4 is 11.4 Å². The van der Waals surface area contributed by atoms with Crippen molar-refractivity contribution in [2.75, 3.05) is 0 Å². The van der Waals surface area contributed by atoms with Crippen molar-refractivity contribution in [2.45, 2.75) is 30.1 Å². The van der Waals surface area contributed by atoms with Crippen LogP contribution in [-0.2, 0) is 11.6 Å². The zero-order chi connectivity index (χ0) is 31.7. The van der Waals surface area contributed by atoms with Crippen molar-refractivity contribution in [3.63, 3.8) is 0 Å². The average molecular weight is 623 g/mol.